The van der Waals surface area contributed by atoms with Gasteiger partial charge in [-0.3, -0.25) is 9.69 Å². The molecule has 26 heavy (non-hydrogen) atoms. The van der Waals surface area contributed by atoms with Crippen molar-refractivity contribution in [1.29, 1.82) is 0 Å². The van der Waals surface area contributed by atoms with E-state index in [1.807, 2.05) is 18.2 Å². The van der Waals surface area contributed by atoms with E-state index in [4.69, 9.17) is 4.74 Å². The third kappa shape index (κ3) is 5.05. The van der Waals surface area contributed by atoms with E-state index in [0.717, 1.165) is 19.6 Å². The average molecular weight is 356 g/mol. The van der Waals surface area contributed by atoms with E-state index in [1.165, 1.54) is 30.5 Å². The highest BCUT2D eigenvalue weighted by atomic mass is 19.1. The number of ether oxygens (including phenoxy) is 1. The van der Waals surface area contributed by atoms with Gasteiger partial charge in [0.1, 0.15) is 18.2 Å². The van der Waals surface area contributed by atoms with Gasteiger partial charge >= 0.3 is 0 Å². The van der Waals surface area contributed by atoms with Crippen LogP contribution in [0.25, 0.3) is 0 Å². The average Bonchev–Trinajstić information content (AvgIpc) is 3.16. The molecule has 0 aliphatic carbocycles. The molecule has 2 aromatic rings. The number of carbonyl (C=O) groups is 1. The molecule has 4 nitrogen and oxygen atoms in total. The fourth-order valence-corrected chi connectivity index (χ4v) is 3.15. The summed E-state index contributed by atoms with van der Waals surface area (Å²) in [5, 5.41) is 0. The van der Waals surface area contributed by atoms with E-state index in [-0.39, 0.29) is 11.7 Å². The van der Waals surface area contributed by atoms with Crippen LogP contribution in [0.5, 0.6) is 5.75 Å². The summed E-state index contributed by atoms with van der Waals surface area (Å²) < 4.78 is 18.4. The molecule has 2 aromatic carbocycles. The van der Waals surface area contributed by atoms with Crippen molar-refractivity contribution >= 4 is 5.91 Å². The fraction of sp³-hybridized carbons (Fsp3) is 0.381. The van der Waals surface area contributed by atoms with Crippen molar-refractivity contribution in [2.24, 2.45) is 0 Å². The lowest BCUT2D eigenvalue weighted by Gasteiger charge is -2.19. The maximum atomic E-state index is 12.9. The first-order valence-corrected chi connectivity index (χ1v) is 9.07. The Labute approximate surface area is 154 Å². The molecule has 0 spiro atoms. The van der Waals surface area contributed by atoms with E-state index in [1.54, 1.807) is 24.1 Å². The molecule has 138 valence electrons. The van der Waals surface area contributed by atoms with E-state index >= 15 is 0 Å². The van der Waals surface area contributed by atoms with Gasteiger partial charge in [0.25, 0.3) is 5.91 Å². The fourth-order valence-electron chi connectivity index (χ4n) is 3.15. The largest absolute Gasteiger partial charge is 0.492 e. The van der Waals surface area contributed by atoms with E-state index in [2.05, 4.69) is 11.0 Å². The number of likely N-dealkylation sites (N-methyl/N-ethyl adjacent to an activating group) is 1. The molecule has 1 saturated heterocycles. The molecule has 3 rings (SSSR count). The molecular formula is C21H25FN2O2. The zero-order chi connectivity index (χ0) is 18.4. The van der Waals surface area contributed by atoms with E-state index < -0.39 is 0 Å². The Bertz CT molecular complexity index is 727. The molecule has 1 fully saturated rings. The van der Waals surface area contributed by atoms with Gasteiger partial charge in [-0.15, -0.1) is 0 Å². The number of rotatable bonds is 7. The molecule has 5 heteroatoms. The summed E-state index contributed by atoms with van der Waals surface area (Å²) in [4.78, 5) is 16.7. The van der Waals surface area contributed by atoms with Crippen molar-refractivity contribution in [1.82, 2.24) is 9.80 Å². The Morgan fingerprint density at radius 1 is 1.15 bits per heavy atom. The third-order valence-corrected chi connectivity index (χ3v) is 4.63. The molecule has 0 unspecified atom stereocenters. The quantitative estimate of drug-likeness (QED) is 0.760. The van der Waals surface area contributed by atoms with Crippen molar-refractivity contribution in [3.8, 4) is 5.75 Å². The predicted octanol–water partition coefficient (Wildman–Crippen LogP) is 3.57. The second-order valence-electron chi connectivity index (χ2n) is 6.71. The predicted molar refractivity (Wildman–Crippen MR) is 99.8 cm³/mol. The van der Waals surface area contributed by atoms with Crippen LogP contribution in [0.1, 0.15) is 28.8 Å². The number of benzene rings is 2. The van der Waals surface area contributed by atoms with Crippen LogP contribution in [0.3, 0.4) is 0 Å². The van der Waals surface area contributed by atoms with Gasteiger partial charge < -0.3 is 9.64 Å². The lowest BCUT2D eigenvalue weighted by molar-refractivity contribution is 0.0773. The highest BCUT2D eigenvalue weighted by Crippen LogP contribution is 2.15. The molecule has 1 amide bonds. The lowest BCUT2D eigenvalue weighted by Crippen LogP contribution is -2.31. The number of hydrogen-bond donors (Lipinski definition) is 0. The van der Waals surface area contributed by atoms with Crippen LogP contribution >= 0.6 is 0 Å². The summed E-state index contributed by atoms with van der Waals surface area (Å²) >= 11 is 0. The minimum Gasteiger partial charge on any atom is -0.492 e. The van der Waals surface area contributed by atoms with Crippen molar-refractivity contribution in [2.75, 3.05) is 33.3 Å². The van der Waals surface area contributed by atoms with Gasteiger partial charge in [0, 0.05) is 19.2 Å². The van der Waals surface area contributed by atoms with Gasteiger partial charge in [-0.2, -0.15) is 0 Å². The Morgan fingerprint density at radius 3 is 2.62 bits per heavy atom. The maximum absolute atomic E-state index is 12.9. The monoisotopic (exact) mass is 356 g/mol. The van der Waals surface area contributed by atoms with Crippen LogP contribution in [0, 0.1) is 5.82 Å². The van der Waals surface area contributed by atoms with Crippen LogP contribution in [-0.2, 0) is 6.54 Å². The Kier molecular flexibility index (Phi) is 6.23. The minimum atomic E-state index is -0.293. The van der Waals surface area contributed by atoms with Crippen LogP contribution in [0.15, 0.2) is 48.5 Å². The first kappa shape index (κ1) is 18.4. The molecule has 0 N–H and O–H groups in total. The molecule has 0 aromatic heterocycles. The molecule has 0 radical (unpaired) electrons. The number of amides is 1. The summed E-state index contributed by atoms with van der Waals surface area (Å²) in [6.45, 7) is 4.00. The van der Waals surface area contributed by atoms with Gasteiger partial charge in [-0.1, -0.05) is 12.1 Å². The van der Waals surface area contributed by atoms with Gasteiger partial charge in [0.05, 0.1) is 6.54 Å². The standard InChI is InChI=1S/C21H25FN2O2/c1-23(13-14-26-20-9-7-19(22)8-10-20)21(25)18-6-4-5-17(15-18)16-24-11-2-3-12-24/h4-10,15H,2-3,11-14,16H2,1H3. The van der Waals surface area contributed by atoms with Crippen molar-refractivity contribution in [3.63, 3.8) is 0 Å². The van der Waals surface area contributed by atoms with E-state index in [0.29, 0.717) is 24.5 Å². The molecule has 0 saturated carbocycles. The number of halogens is 1. The Balaban J connectivity index is 1.51. The van der Waals surface area contributed by atoms with Crippen molar-refractivity contribution < 1.29 is 13.9 Å². The first-order valence-electron chi connectivity index (χ1n) is 9.07. The van der Waals surface area contributed by atoms with Gasteiger partial charge in [-0.05, 0) is 67.9 Å². The highest BCUT2D eigenvalue weighted by molar-refractivity contribution is 5.94. The van der Waals surface area contributed by atoms with E-state index in [9.17, 15) is 9.18 Å². The SMILES string of the molecule is CN(CCOc1ccc(F)cc1)C(=O)c1cccc(CN2CCCC2)c1. The lowest BCUT2D eigenvalue weighted by atomic mass is 10.1. The maximum Gasteiger partial charge on any atom is 0.253 e. The van der Waals surface area contributed by atoms with Crippen molar-refractivity contribution in [2.45, 2.75) is 19.4 Å². The Morgan fingerprint density at radius 2 is 1.88 bits per heavy atom. The molecule has 0 bridgehead atoms. The summed E-state index contributed by atoms with van der Waals surface area (Å²) in [7, 11) is 1.77. The smallest absolute Gasteiger partial charge is 0.253 e. The van der Waals surface area contributed by atoms with Crippen LogP contribution in [-0.4, -0.2) is 49.0 Å². The summed E-state index contributed by atoms with van der Waals surface area (Å²) in [5.74, 6) is 0.286. The summed E-state index contributed by atoms with van der Waals surface area (Å²) in [5.41, 5.74) is 1.87. The molecule has 1 aliphatic rings. The van der Waals surface area contributed by atoms with Crippen molar-refractivity contribution in [3.05, 3.63) is 65.5 Å². The molecule has 0 atom stereocenters. The van der Waals surface area contributed by atoms with Gasteiger partial charge in [0.15, 0.2) is 0 Å². The third-order valence-electron chi connectivity index (χ3n) is 4.63. The summed E-state index contributed by atoms with van der Waals surface area (Å²) in [6.07, 6.45) is 2.52. The molecule has 1 heterocycles. The molecule has 1 aliphatic heterocycles. The second-order valence-corrected chi connectivity index (χ2v) is 6.71. The number of carbonyl (C=O) groups excluding carboxylic acids is 1. The van der Waals surface area contributed by atoms with Crippen LogP contribution in [0.2, 0.25) is 0 Å². The van der Waals surface area contributed by atoms with Crippen LogP contribution < -0.4 is 4.74 Å². The number of nitrogens with zero attached hydrogens (tertiary/aromatic N) is 2. The highest BCUT2D eigenvalue weighted by Gasteiger charge is 2.15. The Hall–Kier alpha value is -2.40. The summed E-state index contributed by atoms with van der Waals surface area (Å²) in [6, 6.07) is 13.7. The van der Waals surface area contributed by atoms with Crippen LogP contribution in [0.4, 0.5) is 4.39 Å². The normalized spacial score (nSPS) is 14.4. The topological polar surface area (TPSA) is 32.8 Å². The second kappa shape index (κ2) is 8.81. The first-order chi connectivity index (χ1) is 12.6. The zero-order valence-electron chi connectivity index (χ0n) is 15.2. The zero-order valence-corrected chi connectivity index (χ0v) is 15.2. The van der Waals surface area contributed by atoms with Gasteiger partial charge in [0.2, 0.25) is 0 Å². The number of likely N-dealkylation sites (tertiary alicyclic amines) is 1. The molecular weight excluding hydrogens is 331 g/mol. The van der Waals surface area contributed by atoms with Gasteiger partial charge in [-0.25, -0.2) is 4.39 Å². The number of hydrogen-bond acceptors (Lipinski definition) is 3. The minimum absolute atomic E-state index is 0.0176.